The van der Waals surface area contributed by atoms with Gasteiger partial charge in [0.05, 0.1) is 6.04 Å². The van der Waals surface area contributed by atoms with Crippen molar-refractivity contribution in [2.45, 2.75) is 57.1 Å². The Morgan fingerprint density at radius 2 is 1.90 bits per heavy atom. The number of sulfonamides is 1. The van der Waals surface area contributed by atoms with E-state index >= 15 is 0 Å². The van der Waals surface area contributed by atoms with E-state index in [0.29, 0.717) is 0 Å². The second-order valence-corrected chi connectivity index (χ2v) is 9.19. The Labute approximate surface area is 171 Å². The van der Waals surface area contributed by atoms with Crippen molar-refractivity contribution in [3.63, 3.8) is 0 Å². The smallest absolute Gasteiger partial charge is 0.246 e. The molecule has 1 aliphatic heterocycles. The van der Waals surface area contributed by atoms with E-state index in [9.17, 15) is 13.2 Å². The third kappa shape index (κ3) is 5.43. The molecular weight excluding hydrogens is 392 g/mol. The number of hydrogen-bond donors (Lipinski definition) is 2. The van der Waals surface area contributed by atoms with Crippen LogP contribution in [0, 0.1) is 13.8 Å². The topological polar surface area (TPSA) is 105 Å². The molecule has 0 spiro atoms. The molecule has 0 bridgehead atoms. The number of rotatable bonds is 7. The van der Waals surface area contributed by atoms with Gasteiger partial charge in [-0.3, -0.25) is 9.69 Å². The third-order valence-corrected chi connectivity index (χ3v) is 6.93. The van der Waals surface area contributed by atoms with Crippen molar-refractivity contribution >= 4 is 15.9 Å². The summed E-state index contributed by atoms with van der Waals surface area (Å²) >= 11 is 0. The summed E-state index contributed by atoms with van der Waals surface area (Å²) in [7, 11) is -3.88. The van der Waals surface area contributed by atoms with Crippen LogP contribution in [0.5, 0.6) is 0 Å². The standard InChI is InChI=1S/C20H28N4O4S/c1-14-19(16(3)28-22-14)29(26,27)23-15(2)20(25)21-18-9-11-24(12-10-18)13-17-7-5-4-6-8-17/h4-8,15,18,23H,9-13H2,1-3H3,(H,21,25)/t15-/m0/s1. The predicted octanol–water partition coefficient (Wildman–Crippen LogP) is 1.74. The first-order chi connectivity index (χ1) is 13.8. The molecule has 1 atom stereocenters. The van der Waals surface area contributed by atoms with Crippen molar-refractivity contribution in [3.05, 3.63) is 47.3 Å². The minimum Gasteiger partial charge on any atom is -0.360 e. The summed E-state index contributed by atoms with van der Waals surface area (Å²) in [4.78, 5) is 14.9. The van der Waals surface area contributed by atoms with Crippen LogP contribution in [0.15, 0.2) is 39.8 Å². The highest BCUT2D eigenvalue weighted by Crippen LogP contribution is 2.19. The van der Waals surface area contributed by atoms with Crippen LogP contribution in [-0.4, -0.2) is 49.6 Å². The highest BCUT2D eigenvalue weighted by molar-refractivity contribution is 7.89. The lowest BCUT2D eigenvalue weighted by atomic mass is 10.0. The van der Waals surface area contributed by atoms with E-state index in [2.05, 4.69) is 32.2 Å². The highest BCUT2D eigenvalue weighted by atomic mass is 32.2. The van der Waals surface area contributed by atoms with Gasteiger partial charge in [0.15, 0.2) is 5.76 Å². The Morgan fingerprint density at radius 3 is 2.48 bits per heavy atom. The van der Waals surface area contributed by atoms with Crippen LogP contribution in [0.3, 0.4) is 0 Å². The first kappa shape index (κ1) is 21.5. The summed E-state index contributed by atoms with van der Waals surface area (Å²) < 4.78 is 32.5. The zero-order chi connectivity index (χ0) is 21.0. The van der Waals surface area contributed by atoms with Crippen LogP contribution in [0.25, 0.3) is 0 Å². The van der Waals surface area contributed by atoms with Gasteiger partial charge in [-0.2, -0.15) is 4.72 Å². The fraction of sp³-hybridized carbons (Fsp3) is 0.500. The largest absolute Gasteiger partial charge is 0.360 e. The van der Waals surface area contributed by atoms with Gasteiger partial charge in [-0.25, -0.2) is 8.42 Å². The number of amides is 1. The van der Waals surface area contributed by atoms with E-state index in [4.69, 9.17) is 4.52 Å². The molecule has 1 fully saturated rings. The molecule has 0 unspecified atom stereocenters. The van der Waals surface area contributed by atoms with Gasteiger partial charge in [0.2, 0.25) is 15.9 Å². The van der Waals surface area contributed by atoms with Crippen molar-refractivity contribution in [1.82, 2.24) is 20.1 Å². The number of benzene rings is 1. The van der Waals surface area contributed by atoms with Crippen LogP contribution in [0.2, 0.25) is 0 Å². The number of hydrogen-bond acceptors (Lipinski definition) is 6. The molecule has 0 radical (unpaired) electrons. The molecule has 2 aromatic rings. The van der Waals surface area contributed by atoms with E-state index in [1.165, 1.54) is 19.4 Å². The first-order valence-corrected chi connectivity index (χ1v) is 11.3. The van der Waals surface area contributed by atoms with Gasteiger partial charge in [0.25, 0.3) is 0 Å². The molecule has 1 saturated heterocycles. The summed E-state index contributed by atoms with van der Waals surface area (Å²) in [6, 6.07) is 9.45. The van der Waals surface area contributed by atoms with Gasteiger partial charge in [0, 0.05) is 25.7 Å². The Balaban J connectivity index is 1.49. The molecule has 0 saturated carbocycles. The van der Waals surface area contributed by atoms with Crippen molar-refractivity contribution in [3.8, 4) is 0 Å². The van der Waals surface area contributed by atoms with Gasteiger partial charge in [-0.05, 0) is 39.2 Å². The Morgan fingerprint density at radius 1 is 1.24 bits per heavy atom. The summed E-state index contributed by atoms with van der Waals surface area (Å²) in [6.45, 7) is 7.30. The summed E-state index contributed by atoms with van der Waals surface area (Å²) in [6.07, 6.45) is 1.67. The van der Waals surface area contributed by atoms with Gasteiger partial charge >= 0.3 is 0 Å². The molecule has 2 N–H and O–H groups in total. The molecule has 29 heavy (non-hydrogen) atoms. The molecule has 158 valence electrons. The van der Waals surface area contributed by atoms with Crippen molar-refractivity contribution < 1.29 is 17.7 Å². The number of carbonyl (C=O) groups is 1. The summed E-state index contributed by atoms with van der Waals surface area (Å²) in [5.41, 5.74) is 1.55. The number of likely N-dealkylation sites (tertiary alicyclic amines) is 1. The van der Waals surface area contributed by atoms with Gasteiger partial charge < -0.3 is 9.84 Å². The molecule has 0 aliphatic carbocycles. The Bertz CT molecular complexity index is 915. The van der Waals surface area contributed by atoms with E-state index in [-0.39, 0.29) is 28.3 Å². The SMILES string of the molecule is Cc1noc(C)c1S(=O)(=O)N[C@@H](C)C(=O)NC1CCN(Cc2ccccc2)CC1. The summed E-state index contributed by atoms with van der Waals surface area (Å²) in [5.74, 6) is -0.129. The van der Waals surface area contributed by atoms with E-state index < -0.39 is 16.1 Å². The maximum atomic E-state index is 12.6. The van der Waals surface area contributed by atoms with Crippen LogP contribution in [0.4, 0.5) is 0 Å². The zero-order valence-electron chi connectivity index (χ0n) is 17.0. The molecule has 1 aromatic heterocycles. The number of aryl methyl sites for hydroxylation is 2. The molecule has 3 rings (SSSR count). The number of aromatic nitrogens is 1. The molecule has 9 heteroatoms. The average molecular weight is 421 g/mol. The molecule has 1 amide bonds. The second-order valence-electron chi connectivity index (χ2n) is 7.54. The number of nitrogens with one attached hydrogen (secondary N) is 2. The third-order valence-electron chi connectivity index (χ3n) is 5.14. The minimum absolute atomic E-state index is 0.00799. The monoisotopic (exact) mass is 420 g/mol. The van der Waals surface area contributed by atoms with Gasteiger partial charge in [0.1, 0.15) is 10.6 Å². The molecule has 8 nitrogen and oxygen atoms in total. The first-order valence-electron chi connectivity index (χ1n) is 9.78. The van der Waals surface area contributed by atoms with Crippen LogP contribution in [-0.2, 0) is 21.4 Å². The maximum Gasteiger partial charge on any atom is 0.246 e. The Hall–Kier alpha value is -2.23. The van der Waals surface area contributed by atoms with Crippen molar-refractivity contribution in [2.75, 3.05) is 13.1 Å². The zero-order valence-corrected chi connectivity index (χ0v) is 17.8. The molecule has 1 aromatic carbocycles. The molecular formula is C20H28N4O4S. The van der Waals surface area contributed by atoms with Crippen molar-refractivity contribution in [2.24, 2.45) is 0 Å². The normalized spacial score (nSPS) is 17.2. The highest BCUT2D eigenvalue weighted by Gasteiger charge is 2.29. The maximum absolute atomic E-state index is 12.6. The molecule has 2 heterocycles. The Kier molecular flexibility index (Phi) is 6.71. The number of piperidine rings is 1. The van der Waals surface area contributed by atoms with Gasteiger partial charge in [-0.1, -0.05) is 35.5 Å². The van der Waals surface area contributed by atoms with Crippen LogP contribution < -0.4 is 10.0 Å². The van der Waals surface area contributed by atoms with Crippen LogP contribution >= 0.6 is 0 Å². The lowest BCUT2D eigenvalue weighted by molar-refractivity contribution is -0.123. The predicted molar refractivity (Wildman–Crippen MR) is 109 cm³/mol. The van der Waals surface area contributed by atoms with E-state index in [1.54, 1.807) is 6.92 Å². The van der Waals surface area contributed by atoms with E-state index in [0.717, 1.165) is 32.5 Å². The minimum atomic E-state index is -3.88. The second kappa shape index (κ2) is 9.06. The number of nitrogens with zero attached hydrogens (tertiary/aromatic N) is 2. The fourth-order valence-corrected chi connectivity index (χ4v) is 5.14. The lowest BCUT2D eigenvalue weighted by Gasteiger charge is -2.32. The van der Waals surface area contributed by atoms with Gasteiger partial charge in [-0.15, -0.1) is 0 Å². The lowest BCUT2D eigenvalue weighted by Crippen LogP contribution is -2.51. The number of carbonyl (C=O) groups excluding carboxylic acids is 1. The van der Waals surface area contributed by atoms with E-state index in [1.807, 2.05) is 18.2 Å². The fourth-order valence-electron chi connectivity index (χ4n) is 3.61. The molecule has 1 aliphatic rings. The average Bonchev–Trinajstić information content (AvgIpc) is 3.03. The van der Waals surface area contributed by atoms with Crippen LogP contribution in [0.1, 0.15) is 36.8 Å². The summed E-state index contributed by atoms with van der Waals surface area (Å²) in [5, 5.41) is 6.63. The quantitative estimate of drug-likeness (QED) is 0.707. The van der Waals surface area contributed by atoms with Crippen molar-refractivity contribution in [1.29, 1.82) is 0 Å².